The van der Waals surface area contributed by atoms with Crippen molar-refractivity contribution in [2.45, 2.75) is 0 Å². The van der Waals surface area contributed by atoms with E-state index in [1.807, 2.05) is 30.3 Å². The second-order valence-electron chi connectivity index (χ2n) is 2.58. The van der Waals surface area contributed by atoms with E-state index in [0.717, 1.165) is 17.1 Å². The minimum Gasteiger partial charge on any atom is -0.502 e. The zero-order valence-electron chi connectivity index (χ0n) is 6.65. The lowest BCUT2D eigenvalue weighted by Gasteiger charge is -1.94. The van der Waals surface area contributed by atoms with Crippen LogP contribution in [-0.4, -0.2) is 9.48 Å². The third-order valence-corrected chi connectivity index (χ3v) is 2.63. The van der Waals surface area contributed by atoms with Gasteiger partial charge in [0.25, 0.3) is 0 Å². The number of hydrogen-bond donors (Lipinski definition) is 2. The van der Waals surface area contributed by atoms with Crippen molar-refractivity contribution in [3.63, 3.8) is 0 Å². The van der Waals surface area contributed by atoms with E-state index in [0.29, 0.717) is 4.88 Å². The van der Waals surface area contributed by atoms with E-state index in [9.17, 15) is 9.90 Å². The molecule has 1 aromatic carbocycles. The van der Waals surface area contributed by atoms with Crippen molar-refractivity contribution < 1.29 is 5.11 Å². The van der Waals surface area contributed by atoms with Crippen LogP contribution in [0.3, 0.4) is 0 Å². The van der Waals surface area contributed by atoms with Crippen LogP contribution in [0.15, 0.2) is 35.1 Å². The van der Waals surface area contributed by atoms with Crippen LogP contribution in [0.1, 0.15) is 0 Å². The molecular formula is C9H7NO2S. The number of H-pyrrole nitrogens is 1. The van der Waals surface area contributed by atoms with Crippen molar-refractivity contribution in [3.05, 3.63) is 40.7 Å². The first kappa shape index (κ1) is 8.07. The highest BCUT2D eigenvalue weighted by Crippen LogP contribution is 2.28. The molecule has 4 heteroatoms. The first-order valence-corrected chi connectivity index (χ1v) is 4.56. The Morgan fingerprint density at radius 2 is 1.92 bits per heavy atom. The summed E-state index contributed by atoms with van der Waals surface area (Å²) in [4.78, 5) is 11.5. The summed E-state index contributed by atoms with van der Waals surface area (Å²) in [6, 6.07) is 9.30. The van der Waals surface area contributed by atoms with E-state index in [2.05, 4.69) is 4.37 Å². The Bertz CT molecular complexity index is 458. The molecule has 0 spiro atoms. The standard InChI is InChI=1S/C9H7NO2S/c11-7-8(13-10-9(7)12)6-4-2-1-3-5-6/h1-5,11H,(H,10,12). The number of nitrogens with one attached hydrogen (secondary N) is 1. The topological polar surface area (TPSA) is 53.1 Å². The molecule has 0 amide bonds. The average Bonchev–Trinajstić information content (AvgIpc) is 2.49. The molecule has 0 aliphatic heterocycles. The Hall–Kier alpha value is -1.55. The minimum atomic E-state index is -0.427. The molecule has 0 bridgehead atoms. The van der Waals surface area contributed by atoms with E-state index in [1.54, 1.807) is 0 Å². The Morgan fingerprint density at radius 3 is 2.46 bits per heavy atom. The number of benzene rings is 1. The van der Waals surface area contributed by atoms with Gasteiger partial charge in [0.1, 0.15) is 0 Å². The number of hydrogen-bond acceptors (Lipinski definition) is 3. The van der Waals surface area contributed by atoms with Crippen molar-refractivity contribution in [2.24, 2.45) is 0 Å². The minimum absolute atomic E-state index is 0.198. The smallest absolute Gasteiger partial charge is 0.300 e. The Kier molecular flexibility index (Phi) is 1.90. The molecule has 0 atom stereocenters. The van der Waals surface area contributed by atoms with Gasteiger partial charge in [0.2, 0.25) is 5.75 Å². The van der Waals surface area contributed by atoms with Crippen LogP contribution in [-0.2, 0) is 0 Å². The molecule has 2 rings (SSSR count). The quantitative estimate of drug-likeness (QED) is 0.725. The van der Waals surface area contributed by atoms with Gasteiger partial charge in [-0.2, -0.15) is 0 Å². The zero-order valence-corrected chi connectivity index (χ0v) is 7.47. The van der Waals surface area contributed by atoms with Gasteiger partial charge in [-0.15, -0.1) is 0 Å². The average molecular weight is 193 g/mol. The molecule has 1 heterocycles. The van der Waals surface area contributed by atoms with Gasteiger partial charge in [0, 0.05) is 0 Å². The normalized spacial score (nSPS) is 10.2. The molecule has 1 aromatic heterocycles. The number of aromatic nitrogens is 1. The predicted octanol–water partition coefficient (Wildman–Crippen LogP) is 1.81. The molecule has 0 radical (unpaired) electrons. The van der Waals surface area contributed by atoms with Crippen LogP contribution in [0.5, 0.6) is 5.75 Å². The molecule has 0 fully saturated rings. The van der Waals surface area contributed by atoms with Crippen LogP contribution >= 0.6 is 11.5 Å². The van der Waals surface area contributed by atoms with E-state index in [-0.39, 0.29) is 5.75 Å². The Morgan fingerprint density at radius 1 is 1.23 bits per heavy atom. The molecule has 0 aliphatic carbocycles. The second kappa shape index (κ2) is 3.06. The van der Waals surface area contributed by atoms with Crippen molar-refractivity contribution in [1.29, 1.82) is 0 Å². The first-order valence-electron chi connectivity index (χ1n) is 3.75. The predicted molar refractivity (Wildman–Crippen MR) is 52.0 cm³/mol. The molecule has 0 saturated heterocycles. The second-order valence-corrected chi connectivity index (χ2v) is 3.39. The number of rotatable bonds is 1. The fraction of sp³-hybridized carbons (Fsp3) is 0. The highest BCUT2D eigenvalue weighted by Gasteiger charge is 2.09. The lowest BCUT2D eigenvalue weighted by molar-refractivity contribution is 0.473. The molecule has 0 saturated carbocycles. The summed E-state index contributed by atoms with van der Waals surface area (Å²) < 4.78 is 2.47. The summed E-state index contributed by atoms with van der Waals surface area (Å²) in [6.45, 7) is 0. The number of aromatic amines is 1. The Balaban J connectivity index is 2.60. The molecule has 0 unspecified atom stereocenters. The van der Waals surface area contributed by atoms with Crippen LogP contribution in [0, 0.1) is 0 Å². The van der Waals surface area contributed by atoms with Gasteiger partial charge < -0.3 is 5.11 Å². The van der Waals surface area contributed by atoms with Crippen molar-refractivity contribution in [3.8, 4) is 16.2 Å². The maximum atomic E-state index is 10.9. The maximum absolute atomic E-state index is 10.9. The molecule has 2 aromatic rings. The third kappa shape index (κ3) is 1.36. The fourth-order valence-corrected chi connectivity index (χ4v) is 1.82. The Labute approximate surface area is 78.4 Å². The monoisotopic (exact) mass is 193 g/mol. The lowest BCUT2D eigenvalue weighted by atomic mass is 10.2. The van der Waals surface area contributed by atoms with Gasteiger partial charge >= 0.3 is 5.56 Å². The van der Waals surface area contributed by atoms with E-state index in [4.69, 9.17) is 0 Å². The SMILES string of the molecule is O=c1[nH]sc(-c2ccccc2)c1O. The maximum Gasteiger partial charge on any atom is 0.300 e. The van der Waals surface area contributed by atoms with Crippen LogP contribution in [0.25, 0.3) is 10.4 Å². The van der Waals surface area contributed by atoms with Crippen LogP contribution in [0.4, 0.5) is 0 Å². The summed E-state index contributed by atoms with van der Waals surface area (Å²) in [5.41, 5.74) is 0.423. The van der Waals surface area contributed by atoms with Gasteiger partial charge in [0.15, 0.2) is 0 Å². The largest absolute Gasteiger partial charge is 0.502 e. The van der Waals surface area contributed by atoms with Crippen molar-refractivity contribution in [1.82, 2.24) is 4.37 Å². The molecular weight excluding hydrogens is 186 g/mol. The van der Waals surface area contributed by atoms with E-state index >= 15 is 0 Å². The molecule has 13 heavy (non-hydrogen) atoms. The zero-order chi connectivity index (χ0) is 9.26. The molecule has 3 nitrogen and oxygen atoms in total. The molecule has 0 aliphatic rings. The van der Waals surface area contributed by atoms with Gasteiger partial charge in [-0.1, -0.05) is 41.9 Å². The van der Waals surface area contributed by atoms with E-state index < -0.39 is 5.56 Å². The molecule has 66 valence electrons. The van der Waals surface area contributed by atoms with Crippen LogP contribution in [0.2, 0.25) is 0 Å². The van der Waals surface area contributed by atoms with Crippen molar-refractivity contribution >= 4 is 11.5 Å². The summed E-state index contributed by atoms with van der Waals surface area (Å²) in [5, 5.41) is 9.36. The summed E-state index contributed by atoms with van der Waals surface area (Å²) in [7, 11) is 0. The lowest BCUT2D eigenvalue weighted by Crippen LogP contribution is -1.94. The number of aromatic hydroxyl groups is 1. The summed E-state index contributed by atoms with van der Waals surface area (Å²) >= 11 is 1.14. The third-order valence-electron chi connectivity index (χ3n) is 1.71. The molecule has 2 N–H and O–H groups in total. The highest BCUT2D eigenvalue weighted by molar-refractivity contribution is 7.09. The highest BCUT2D eigenvalue weighted by atomic mass is 32.1. The summed E-state index contributed by atoms with van der Waals surface area (Å²) in [6.07, 6.45) is 0. The fourth-order valence-electron chi connectivity index (χ4n) is 1.08. The first-order chi connectivity index (χ1) is 6.29. The van der Waals surface area contributed by atoms with Crippen LogP contribution < -0.4 is 5.56 Å². The van der Waals surface area contributed by atoms with E-state index in [1.165, 1.54) is 0 Å². The van der Waals surface area contributed by atoms with Gasteiger partial charge in [-0.05, 0) is 5.56 Å². The van der Waals surface area contributed by atoms with Gasteiger partial charge in [-0.3, -0.25) is 9.17 Å². The van der Waals surface area contributed by atoms with Crippen molar-refractivity contribution in [2.75, 3.05) is 0 Å². The van der Waals surface area contributed by atoms with Gasteiger partial charge in [0.05, 0.1) is 4.88 Å². The van der Waals surface area contributed by atoms with Gasteiger partial charge in [-0.25, -0.2) is 0 Å². The summed E-state index contributed by atoms with van der Waals surface area (Å²) in [5.74, 6) is -0.198.